The highest BCUT2D eigenvalue weighted by atomic mass is 32.2. The van der Waals surface area contributed by atoms with Gasteiger partial charge in [0.25, 0.3) is 0 Å². The molecular weight excluding hydrogens is 274 g/mol. The number of nitrogens with zero attached hydrogens (tertiary/aromatic N) is 2. The number of hydrogen-bond donors (Lipinski definition) is 1. The van der Waals surface area contributed by atoms with Crippen LogP contribution in [0.2, 0.25) is 0 Å². The van der Waals surface area contributed by atoms with Crippen molar-refractivity contribution in [3.8, 4) is 0 Å². The summed E-state index contributed by atoms with van der Waals surface area (Å²) in [6, 6.07) is 2.20. The molecule has 3 rings (SSSR count). The molecule has 1 saturated carbocycles. The number of hydrogen-bond acceptors (Lipinski definition) is 3. The lowest BCUT2D eigenvalue weighted by atomic mass is 9.93. The molecule has 1 aromatic heterocycles. The van der Waals surface area contributed by atoms with Gasteiger partial charge < -0.3 is 10.3 Å². The summed E-state index contributed by atoms with van der Waals surface area (Å²) in [5, 5.41) is 0. The zero-order valence-electron chi connectivity index (χ0n) is 12.2. The molecule has 1 saturated heterocycles. The van der Waals surface area contributed by atoms with Gasteiger partial charge in [-0.2, -0.15) is 4.31 Å². The monoisotopic (exact) mass is 297 g/mol. The molecule has 2 heterocycles. The van der Waals surface area contributed by atoms with Crippen LogP contribution < -0.4 is 5.73 Å². The second kappa shape index (κ2) is 4.58. The summed E-state index contributed by atoms with van der Waals surface area (Å²) in [6.07, 6.45) is 4.94. The molecule has 2 fully saturated rings. The Hall–Kier alpha value is -0.850. The molecule has 5 nitrogen and oxygen atoms in total. The highest BCUT2D eigenvalue weighted by Crippen LogP contribution is 2.38. The second-order valence-electron chi connectivity index (χ2n) is 6.76. The Morgan fingerprint density at radius 1 is 1.40 bits per heavy atom. The SMILES string of the molecule is CC1(C)CCN(S(=O)(=O)c2cc(CN)n(C3CC3)c2)C1. The predicted octanol–water partition coefficient (Wildman–Crippen LogP) is 1.70. The standard InChI is InChI=1S/C14H23N3O2S/c1-14(2)5-6-16(10-14)20(18,19)13-7-12(8-15)17(9-13)11-3-4-11/h7,9,11H,3-6,8,10,15H2,1-2H3. The number of aromatic nitrogens is 1. The minimum absolute atomic E-state index is 0.0722. The summed E-state index contributed by atoms with van der Waals surface area (Å²) in [5.74, 6) is 0. The van der Waals surface area contributed by atoms with Gasteiger partial charge in [-0.3, -0.25) is 0 Å². The van der Waals surface area contributed by atoms with Crippen molar-refractivity contribution in [2.75, 3.05) is 13.1 Å². The first kappa shape index (κ1) is 14.1. The van der Waals surface area contributed by atoms with E-state index < -0.39 is 10.0 Å². The Bertz CT molecular complexity index is 614. The third-order valence-electron chi connectivity index (χ3n) is 4.34. The van der Waals surface area contributed by atoms with Crippen molar-refractivity contribution in [2.24, 2.45) is 11.1 Å². The molecule has 1 aliphatic heterocycles. The van der Waals surface area contributed by atoms with Crippen molar-refractivity contribution in [3.63, 3.8) is 0 Å². The van der Waals surface area contributed by atoms with E-state index in [1.54, 1.807) is 16.6 Å². The minimum atomic E-state index is -3.37. The molecule has 0 bridgehead atoms. The van der Waals surface area contributed by atoms with Gasteiger partial charge in [-0.05, 0) is 30.7 Å². The molecule has 1 aromatic rings. The van der Waals surface area contributed by atoms with E-state index in [4.69, 9.17) is 5.73 Å². The third kappa shape index (κ3) is 2.40. The quantitative estimate of drug-likeness (QED) is 0.919. The summed E-state index contributed by atoms with van der Waals surface area (Å²) in [4.78, 5) is 0.405. The predicted molar refractivity (Wildman–Crippen MR) is 77.8 cm³/mol. The van der Waals surface area contributed by atoms with E-state index in [2.05, 4.69) is 13.8 Å². The lowest BCUT2D eigenvalue weighted by molar-refractivity contribution is 0.375. The van der Waals surface area contributed by atoms with Gasteiger partial charge in [-0.1, -0.05) is 13.8 Å². The van der Waals surface area contributed by atoms with Crippen molar-refractivity contribution in [1.82, 2.24) is 8.87 Å². The topological polar surface area (TPSA) is 68.3 Å². The van der Waals surface area contributed by atoms with Crippen LogP contribution in [0, 0.1) is 5.41 Å². The second-order valence-corrected chi connectivity index (χ2v) is 8.70. The fraction of sp³-hybridized carbons (Fsp3) is 0.714. The summed E-state index contributed by atoms with van der Waals surface area (Å²) >= 11 is 0. The van der Waals surface area contributed by atoms with Crippen LogP contribution in [0.15, 0.2) is 17.2 Å². The maximum Gasteiger partial charge on any atom is 0.244 e. The maximum absolute atomic E-state index is 12.7. The molecule has 2 aliphatic rings. The lowest BCUT2D eigenvalue weighted by Gasteiger charge is -2.19. The first-order chi connectivity index (χ1) is 9.33. The van der Waals surface area contributed by atoms with Gasteiger partial charge in [0.15, 0.2) is 0 Å². The van der Waals surface area contributed by atoms with Gasteiger partial charge in [0.2, 0.25) is 10.0 Å². The molecule has 6 heteroatoms. The lowest BCUT2D eigenvalue weighted by Crippen LogP contribution is -2.30. The molecule has 0 atom stereocenters. The molecular formula is C14H23N3O2S. The van der Waals surface area contributed by atoms with E-state index in [0.29, 0.717) is 30.6 Å². The summed E-state index contributed by atoms with van der Waals surface area (Å²) in [7, 11) is -3.37. The largest absolute Gasteiger partial charge is 0.346 e. The van der Waals surface area contributed by atoms with Crippen molar-refractivity contribution < 1.29 is 8.42 Å². The van der Waals surface area contributed by atoms with E-state index in [0.717, 1.165) is 25.0 Å². The Labute approximate surface area is 120 Å². The van der Waals surface area contributed by atoms with Crippen LogP contribution in [0.5, 0.6) is 0 Å². The zero-order chi connectivity index (χ0) is 14.5. The van der Waals surface area contributed by atoms with E-state index in [9.17, 15) is 8.42 Å². The molecule has 2 N–H and O–H groups in total. The molecule has 20 heavy (non-hydrogen) atoms. The molecule has 1 aliphatic carbocycles. The first-order valence-corrected chi connectivity index (χ1v) is 8.68. The van der Waals surface area contributed by atoms with Gasteiger partial charge >= 0.3 is 0 Å². The molecule has 0 amide bonds. The van der Waals surface area contributed by atoms with Gasteiger partial charge in [-0.15, -0.1) is 0 Å². The number of rotatable bonds is 4. The van der Waals surface area contributed by atoms with E-state index in [1.807, 2.05) is 4.57 Å². The Kier molecular flexibility index (Phi) is 3.23. The summed E-state index contributed by atoms with van der Waals surface area (Å²) in [5.41, 5.74) is 6.73. The zero-order valence-corrected chi connectivity index (χ0v) is 13.0. The van der Waals surface area contributed by atoms with Crippen LogP contribution in [0.4, 0.5) is 0 Å². The summed E-state index contributed by atoms with van der Waals surface area (Å²) in [6.45, 7) is 5.83. The van der Waals surface area contributed by atoms with Crippen molar-refractivity contribution in [3.05, 3.63) is 18.0 Å². The Morgan fingerprint density at radius 2 is 2.10 bits per heavy atom. The van der Waals surface area contributed by atoms with Crippen LogP contribution in [0.25, 0.3) is 0 Å². The van der Waals surface area contributed by atoms with Gasteiger partial charge in [0.1, 0.15) is 4.90 Å². The van der Waals surface area contributed by atoms with Crippen molar-refractivity contribution in [1.29, 1.82) is 0 Å². The smallest absolute Gasteiger partial charge is 0.244 e. The van der Waals surface area contributed by atoms with Gasteiger partial charge in [0.05, 0.1) is 0 Å². The normalized spacial score (nSPS) is 23.4. The maximum atomic E-state index is 12.7. The van der Waals surface area contributed by atoms with Crippen LogP contribution in [-0.4, -0.2) is 30.4 Å². The average Bonchev–Trinajstić information content (AvgIpc) is 3.01. The number of sulfonamides is 1. The van der Waals surface area contributed by atoms with Crippen LogP contribution in [0.1, 0.15) is 44.8 Å². The average molecular weight is 297 g/mol. The van der Waals surface area contributed by atoms with E-state index >= 15 is 0 Å². The first-order valence-electron chi connectivity index (χ1n) is 7.24. The molecule has 112 valence electrons. The molecule has 0 unspecified atom stereocenters. The fourth-order valence-corrected chi connectivity index (χ4v) is 4.59. The Morgan fingerprint density at radius 3 is 2.60 bits per heavy atom. The van der Waals surface area contributed by atoms with Crippen molar-refractivity contribution >= 4 is 10.0 Å². The van der Waals surface area contributed by atoms with Crippen molar-refractivity contribution in [2.45, 2.75) is 50.6 Å². The van der Waals surface area contributed by atoms with Crippen LogP contribution in [-0.2, 0) is 16.6 Å². The van der Waals surface area contributed by atoms with E-state index in [-0.39, 0.29) is 5.41 Å². The minimum Gasteiger partial charge on any atom is -0.346 e. The molecule has 0 aromatic carbocycles. The van der Waals surface area contributed by atoms with Crippen LogP contribution in [0.3, 0.4) is 0 Å². The van der Waals surface area contributed by atoms with Crippen LogP contribution >= 0.6 is 0 Å². The molecule has 0 spiro atoms. The van der Waals surface area contributed by atoms with E-state index in [1.165, 1.54) is 0 Å². The third-order valence-corrected chi connectivity index (χ3v) is 6.15. The highest BCUT2D eigenvalue weighted by Gasteiger charge is 2.38. The fourth-order valence-electron chi connectivity index (χ4n) is 2.91. The Balaban J connectivity index is 1.91. The van der Waals surface area contributed by atoms with Gasteiger partial charge in [0, 0.05) is 37.6 Å². The highest BCUT2D eigenvalue weighted by molar-refractivity contribution is 7.89. The number of nitrogens with two attached hydrogens (primary N) is 1. The molecule has 0 radical (unpaired) electrons. The summed E-state index contributed by atoms with van der Waals surface area (Å²) < 4.78 is 29.1. The van der Waals surface area contributed by atoms with Gasteiger partial charge in [-0.25, -0.2) is 8.42 Å².